The van der Waals surface area contributed by atoms with Crippen LogP contribution in [-0.4, -0.2) is 14.7 Å². The Hall–Kier alpha value is -2.77. The molecule has 0 atom stereocenters. The van der Waals surface area contributed by atoms with Crippen LogP contribution in [0, 0.1) is 10.1 Å². The van der Waals surface area contributed by atoms with Gasteiger partial charge >= 0.3 is 0 Å². The van der Waals surface area contributed by atoms with Crippen molar-refractivity contribution >= 4 is 37.5 Å². The highest BCUT2D eigenvalue weighted by Gasteiger charge is 2.14. The highest BCUT2D eigenvalue weighted by atomic mass is 79.9. The first-order valence-electron chi connectivity index (χ1n) is 8.83. The third-order valence-corrected chi connectivity index (χ3v) is 5.46. The van der Waals surface area contributed by atoms with Crippen molar-refractivity contribution in [2.24, 2.45) is 0 Å². The van der Waals surface area contributed by atoms with Crippen molar-refractivity contribution in [2.75, 3.05) is 0 Å². The van der Waals surface area contributed by atoms with Gasteiger partial charge in [0.25, 0.3) is 5.69 Å². The Morgan fingerprint density at radius 3 is 2.21 bits per heavy atom. The maximum Gasteiger partial charge on any atom is 0.269 e. The van der Waals surface area contributed by atoms with Gasteiger partial charge in [-0.1, -0.05) is 68.3 Å². The van der Waals surface area contributed by atoms with Gasteiger partial charge < -0.3 is 0 Å². The van der Waals surface area contributed by atoms with Crippen LogP contribution < -0.4 is 0 Å². The first kappa shape index (κ1) is 19.5. The second-order valence-corrected chi connectivity index (χ2v) is 8.35. The van der Waals surface area contributed by atoms with Crippen molar-refractivity contribution in [1.29, 1.82) is 0 Å². The van der Waals surface area contributed by atoms with Gasteiger partial charge in [-0.25, -0.2) is 0 Å². The van der Waals surface area contributed by atoms with Crippen LogP contribution in [0.1, 0.15) is 5.56 Å². The molecular formula is C22H15Br2N3O2. The Balaban J connectivity index is 1.81. The summed E-state index contributed by atoms with van der Waals surface area (Å²) in [4.78, 5) is 10.7. The molecule has 29 heavy (non-hydrogen) atoms. The molecule has 4 aromatic rings. The van der Waals surface area contributed by atoms with E-state index in [0.717, 1.165) is 37.0 Å². The topological polar surface area (TPSA) is 61.0 Å². The molecule has 4 rings (SSSR count). The largest absolute Gasteiger partial charge is 0.269 e. The molecular weight excluding hydrogens is 498 g/mol. The molecule has 5 nitrogen and oxygen atoms in total. The summed E-state index contributed by atoms with van der Waals surface area (Å²) in [6.45, 7) is 0.428. The van der Waals surface area contributed by atoms with Gasteiger partial charge in [-0.05, 0) is 35.9 Å². The molecule has 0 saturated heterocycles. The average Bonchev–Trinajstić information content (AvgIpc) is 3.12. The summed E-state index contributed by atoms with van der Waals surface area (Å²) in [5.74, 6) is 0. The molecule has 0 N–H and O–H groups in total. The van der Waals surface area contributed by atoms with Crippen molar-refractivity contribution in [3.63, 3.8) is 0 Å². The molecule has 0 aliphatic carbocycles. The van der Waals surface area contributed by atoms with Crippen LogP contribution in [0.15, 0.2) is 87.8 Å². The first-order valence-corrected chi connectivity index (χ1v) is 10.4. The van der Waals surface area contributed by atoms with Gasteiger partial charge in [0.2, 0.25) is 0 Å². The number of nitro groups is 1. The first-order chi connectivity index (χ1) is 14.0. The molecule has 0 saturated carbocycles. The van der Waals surface area contributed by atoms with E-state index in [1.807, 2.05) is 65.3 Å². The van der Waals surface area contributed by atoms with Crippen LogP contribution in [-0.2, 0) is 6.54 Å². The predicted molar refractivity (Wildman–Crippen MR) is 121 cm³/mol. The van der Waals surface area contributed by atoms with Gasteiger partial charge in [0.1, 0.15) is 0 Å². The SMILES string of the molecule is O=[N+]([O-])c1cccc(Cn2nc(-c3cccc(Br)c3)cc2-c2cccc(Br)c2)c1. The van der Waals surface area contributed by atoms with Crippen LogP contribution in [0.25, 0.3) is 22.5 Å². The average molecular weight is 513 g/mol. The fraction of sp³-hybridized carbons (Fsp3) is 0.0455. The second kappa shape index (κ2) is 8.31. The number of aromatic nitrogens is 2. The predicted octanol–water partition coefficient (Wildman–Crippen LogP) is 6.70. The Bertz CT molecular complexity index is 1200. The molecule has 0 spiro atoms. The lowest BCUT2D eigenvalue weighted by molar-refractivity contribution is -0.384. The molecule has 144 valence electrons. The van der Waals surface area contributed by atoms with E-state index >= 15 is 0 Å². The third kappa shape index (κ3) is 4.46. The molecule has 0 amide bonds. The highest BCUT2D eigenvalue weighted by molar-refractivity contribution is 9.10. The molecule has 0 bridgehead atoms. The van der Waals surface area contributed by atoms with Gasteiger partial charge in [0.05, 0.1) is 22.9 Å². The van der Waals surface area contributed by atoms with Crippen molar-refractivity contribution in [3.8, 4) is 22.5 Å². The van der Waals surface area contributed by atoms with E-state index in [1.165, 1.54) is 6.07 Å². The van der Waals surface area contributed by atoms with Gasteiger partial charge in [-0.2, -0.15) is 5.10 Å². The Morgan fingerprint density at radius 2 is 1.52 bits per heavy atom. The fourth-order valence-corrected chi connectivity index (χ4v) is 3.95. The van der Waals surface area contributed by atoms with Crippen LogP contribution in [0.2, 0.25) is 0 Å². The molecule has 1 heterocycles. The number of benzene rings is 3. The van der Waals surface area contributed by atoms with Crippen molar-refractivity contribution in [1.82, 2.24) is 9.78 Å². The molecule has 0 fully saturated rings. The lowest BCUT2D eigenvalue weighted by Gasteiger charge is -2.08. The lowest BCUT2D eigenvalue weighted by atomic mass is 10.1. The number of halogens is 2. The van der Waals surface area contributed by atoms with Crippen LogP contribution >= 0.6 is 31.9 Å². The number of hydrogen-bond acceptors (Lipinski definition) is 3. The van der Waals surface area contributed by atoms with Gasteiger partial charge in [-0.15, -0.1) is 0 Å². The Morgan fingerprint density at radius 1 is 0.862 bits per heavy atom. The van der Waals surface area contributed by atoms with E-state index < -0.39 is 0 Å². The monoisotopic (exact) mass is 511 g/mol. The van der Waals surface area contributed by atoms with Gasteiger partial charge in [0.15, 0.2) is 0 Å². The van der Waals surface area contributed by atoms with Gasteiger partial charge in [-0.3, -0.25) is 14.8 Å². The summed E-state index contributed by atoms with van der Waals surface area (Å²) in [7, 11) is 0. The molecule has 3 aromatic carbocycles. The standard InChI is InChI=1S/C22H15Br2N3O2/c23-18-7-2-5-16(11-18)21-13-22(17-6-3-8-19(24)12-17)26(25-21)14-15-4-1-9-20(10-15)27(28)29/h1-13H,14H2. The summed E-state index contributed by atoms with van der Waals surface area (Å²) < 4.78 is 3.84. The maximum absolute atomic E-state index is 11.1. The quantitative estimate of drug-likeness (QED) is 0.221. The number of nitro benzene ring substituents is 1. The molecule has 0 radical (unpaired) electrons. The van der Waals surface area contributed by atoms with Crippen molar-refractivity contribution < 1.29 is 4.92 Å². The van der Waals surface area contributed by atoms with E-state index in [1.54, 1.807) is 12.1 Å². The summed E-state index contributed by atoms with van der Waals surface area (Å²) in [5, 5.41) is 15.9. The van der Waals surface area contributed by atoms with E-state index in [-0.39, 0.29) is 10.6 Å². The minimum atomic E-state index is -0.380. The summed E-state index contributed by atoms with van der Waals surface area (Å²) in [6, 6.07) is 24.7. The maximum atomic E-state index is 11.1. The Labute approximate surface area is 184 Å². The van der Waals surface area contributed by atoms with E-state index in [0.29, 0.717) is 6.54 Å². The van der Waals surface area contributed by atoms with Crippen LogP contribution in [0.3, 0.4) is 0 Å². The minimum Gasteiger partial charge on any atom is -0.260 e. The number of hydrogen-bond donors (Lipinski definition) is 0. The van der Waals surface area contributed by atoms with Crippen molar-refractivity contribution in [2.45, 2.75) is 6.54 Å². The molecule has 0 aliphatic heterocycles. The zero-order valence-electron chi connectivity index (χ0n) is 15.1. The summed E-state index contributed by atoms with van der Waals surface area (Å²) in [5.41, 5.74) is 4.68. The minimum absolute atomic E-state index is 0.0749. The number of non-ortho nitro benzene ring substituents is 1. The molecule has 0 unspecified atom stereocenters. The highest BCUT2D eigenvalue weighted by Crippen LogP contribution is 2.30. The van der Waals surface area contributed by atoms with E-state index in [4.69, 9.17) is 5.10 Å². The smallest absolute Gasteiger partial charge is 0.260 e. The third-order valence-electron chi connectivity index (χ3n) is 4.47. The molecule has 7 heteroatoms. The van der Waals surface area contributed by atoms with Gasteiger partial charge in [0, 0.05) is 32.2 Å². The van der Waals surface area contributed by atoms with Crippen molar-refractivity contribution in [3.05, 3.63) is 103 Å². The normalized spacial score (nSPS) is 10.8. The fourth-order valence-electron chi connectivity index (χ4n) is 3.15. The second-order valence-electron chi connectivity index (χ2n) is 6.52. The molecule has 0 aliphatic rings. The van der Waals surface area contributed by atoms with Crippen LogP contribution in [0.4, 0.5) is 5.69 Å². The van der Waals surface area contributed by atoms with E-state index in [2.05, 4.69) is 31.9 Å². The molecule has 1 aromatic heterocycles. The Kier molecular flexibility index (Phi) is 5.60. The lowest BCUT2D eigenvalue weighted by Crippen LogP contribution is -2.04. The zero-order valence-corrected chi connectivity index (χ0v) is 18.3. The van der Waals surface area contributed by atoms with E-state index in [9.17, 15) is 10.1 Å². The number of nitrogens with zero attached hydrogens (tertiary/aromatic N) is 3. The summed E-state index contributed by atoms with van der Waals surface area (Å²) >= 11 is 7.04. The van der Waals surface area contributed by atoms with Crippen LogP contribution in [0.5, 0.6) is 0 Å². The zero-order chi connectivity index (χ0) is 20.4. The number of rotatable bonds is 5. The summed E-state index contributed by atoms with van der Waals surface area (Å²) in [6.07, 6.45) is 0.